The Balaban J connectivity index is 1.36. The third kappa shape index (κ3) is 5.32. The molecule has 2 aliphatic rings. The zero-order valence-electron chi connectivity index (χ0n) is 20.7. The van der Waals surface area contributed by atoms with Crippen LogP contribution in [-0.2, 0) is 14.4 Å². The van der Waals surface area contributed by atoms with Crippen LogP contribution in [0.1, 0.15) is 16.4 Å². The summed E-state index contributed by atoms with van der Waals surface area (Å²) in [4.78, 5) is 56.9. The normalized spacial score (nSPS) is 19.6. The van der Waals surface area contributed by atoms with Crippen LogP contribution >= 0.6 is 50.6 Å². The molecule has 2 unspecified atom stereocenters. The van der Waals surface area contributed by atoms with Gasteiger partial charge in [-0.05, 0) is 66.7 Å². The number of hydrogen-bond donors (Lipinski definition) is 2. The second-order valence-corrected chi connectivity index (χ2v) is 12.8. The number of rotatable bonds is 6. The largest absolute Gasteiger partial charge is 0.483 e. The molecule has 0 bridgehead atoms. The topological polar surface area (TPSA) is 109 Å². The number of carbonyl (C=O) groups excluding carboxylic acids is 3. The van der Waals surface area contributed by atoms with E-state index >= 15 is 0 Å². The van der Waals surface area contributed by atoms with Crippen LogP contribution in [0.15, 0.2) is 81.0 Å². The molecular formula is C28H18BrClFN3O5S2. The number of H-pyrrole nitrogens is 1. The van der Waals surface area contributed by atoms with Crippen LogP contribution < -0.4 is 19.8 Å². The lowest BCUT2D eigenvalue weighted by molar-refractivity contribution is -0.122. The number of imide groups is 1. The summed E-state index contributed by atoms with van der Waals surface area (Å²) in [5.74, 6) is -3.05. The van der Waals surface area contributed by atoms with E-state index in [0.29, 0.717) is 31.9 Å². The van der Waals surface area contributed by atoms with E-state index in [1.807, 2.05) is 0 Å². The molecule has 0 saturated carbocycles. The third-order valence-corrected chi connectivity index (χ3v) is 9.87. The number of thioether (sulfide) groups is 1. The summed E-state index contributed by atoms with van der Waals surface area (Å²) in [5.41, 5.74) is 1.31. The molecule has 4 aromatic rings. The van der Waals surface area contributed by atoms with Gasteiger partial charge in [-0.2, -0.15) is 0 Å². The summed E-state index contributed by atoms with van der Waals surface area (Å²) in [7, 11) is 0. The molecule has 1 aromatic heterocycles. The molecule has 0 aliphatic carbocycles. The predicted octanol–water partition coefficient (Wildman–Crippen LogP) is 5.80. The SMILES string of the molecule is O=C(COc1ccc(Cl)cc1[C@H]1c2sc(=O)[nH]c2SC2C(=O)N(c3ccc(Br)cc3)C(=O)C21)Nc1ccc(F)cc1. The third-order valence-electron chi connectivity index (χ3n) is 6.70. The highest BCUT2D eigenvalue weighted by atomic mass is 79.9. The van der Waals surface area contributed by atoms with Crippen LogP contribution in [0, 0.1) is 11.7 Å². The minimum absolute atomic E-state index is 0.272. The minimum Gasteiger partial charge on any atom is -0.483 e. The van der Waals surface area contributed by atoms with E-state index in [-0.39, 0.29) is 10.6 Å². The number of benzene rings is 3. The molecule has 3 amide bonds. The van der Waals surface area contributed by atoms with Gasteiger partial charge in [0.1, 0.15) is 16.8 Å². The van der Waals surface area contributed by atoms with Gasteiger partial charge in [0.05, 0.1) is 16.6 Å². The van der Waals surface area contributed by atoms with Crippen molar-refractivity contribution in [2.75, 3.05) is 16.8 Å². The Bertz CT molecular complexity index is 1740. The molecule has 1 saturated heterocycles. The lowest BCUT2D eigenvalue weighted by Crippen LogP contribution is -2.32. The van der Waals surface area contributed by atoms with Gasteiger partial charge in [0.25, 0.3) is 5.91 Å². The minimum atomic E-state index is -0.857. The Morgan fingerprint density at radius 1 is 1.05 bits per heavy atom. The molecule has 41 heavy (non-hydrogen) atoms. The molecule has 208 valence electrons. The lowest BCUT2D eigenvalue weighted by Gasteiger charge is -2.31. The maximum atomic E-state index is 14.0. The summed E-state index contributed by atoms with van der Waals surface area (Å²) in [6, 6.07) is 17.0. The molecule has 0 spiro atoms. The lowest BCUT2D eigenvalue weighted by atomic mass is 9.82. The number of anilines is 2. The van der Waals surface area contributed by atoms with Crippen LogP contribution in [0.5, 0.6) is 5.75 Å². The first-order chi connectivity index (χ1) is 19.7. The summed E-state index contributed by atoms with van der Waals surface area (Å²) in [6.07, 6.45) is 0. The maximum absolute atomic E-state index is 14.0. The van der Waals surface area contributed by atoms with E-state index in [1.165, 1.54) is 29.2 Å². The van der Waals surface area contributed by atoms with E-state index in [2.05, 4.69) is 26.2 Å². The standard InChI is InChI=1S/C28H18BrClFN3O5S2/c29-13-1-8-17(9-2-13)34-26(36)22-21(23-25(33-28(38)41-23)40-24(22)27(34)37)18-11-14(30)3-10-19(18)39-12-20(35)32-16-6-4-15(31)5-7-16/h1-11,21-22,24H,12H2,(H,32,35)(H,33,38)/t21-,22?,24?/m1/s1. The first-order valence-electron chi connectivity index (χ1n) is 12.2. The molecule has 3 aromatic carbocycles. The summed E-state index contributed by atoms with van der Waals surface area (Å²) in [5, 5.41) is 2.69. The first-order valence-corrected chi connectivity index (χ1v) is 15.1. The smallest absolute Gasteiger partial charge is 0.305 e. The van der Waals surface area contributed by atoms with Crippen LogP contribution in [-0.4, -0.2) is 34.6 Å². The number of nitrogens with one attached hydrogen (secondary N) is 2. The first kappa shape index (κ1) is 27.7. The number of ether oxygens (including phenoxy) is 1. The van der Waals surface area contributed by atoms with Gasteiger partial charge < -0.3 is 15.0 Å². The molecule has 6 rings (SSSR count). The van der Waals surface area contributed by atoms with Gasteiger partial charge in [-0.1, -0.05) is 50.6 Å². The molecule has 0 radical (unpaired) electrons. The predicted molar refractivity (Wildman–Crippen MR) is 159 cm³/mol. The molecule has 13 heteroatoms. The van der Waals surface area contributed by atoms with Gasteiger partial charge in [-0.3, -0.25) is 19.2 Å². The van der Waals surface area contributed by atoms with Crippen molar-refractivity contribution >= 4 is 79.7 Å². The van der Waals surface area contributed by atoms with Crippen molar-refractivity contribution in [1.29, 1.82) is 0 Å². The quantitative estimate of drug-likeness (QED) is 0.250. The Labute approximate surface area is 254 Å². The zero-order chi connectivity index (χ0) is 28.8. The molecular weight excluding hydrogens is 657 g/mol. The Hall–Kier alpha value is -3.45. The molecule has 3 heterocycles. The van der Waals surface area contributed by atoms with Crippen LogP contribution in [0.3, 0.4) is 0 Å². The van der Waals surface area contributed by atoms with Gasteiger partial charge in [-0.25, -0.2) is 9.29 Å². The van der Waals surface area contributed by atoms with Crippen molar-refractivity contribution in [3.8, 4) is 5.75 Å². The van der Waals surface area contributed by atoms with Crippen molar-refractivity contribution in [2.45, 2.75) is 16.2 Å². The van der Waals surface area contributed by atoms with Gasteiger partial charge in [-0.15, -0.1) is 0 Å². The Morgan fingerprint density at radius 3 is 2.51 bits per heavy atom. The number of halogens is 3. The molecule has 8 nitrogen and oxygen atoms in total. The molecule has 3 atom stereocenters. The van der Waals surface area contributed by atoms with Crippen molar-refractivity contribution in [3.63, 3.8) is 0 Å². The number of fused-ring (bicyclic) bond motifs is 2. The van der Waals surface area contributed by atoms with E-state index in [1.54, 1.807) is 42.5 Å². The highest BCUT2D eigenvalue weighted by molar-refractivity contribution is 9.10. The van der Waals surface area contributed by atoms with Crippen molar-refractivity contribution < 1.29 is 23.5 Å². The summed E-state index contributed by atoms with van der Waals surface area (Å²) < 4.78 is 19.9. The monoisotopic (exact) mass is 673 g/mol. The van der Waals surface area contributed by atoms with Crippen LogP contribution in [0.25, 0.3) is 0 Å². The van der Waals surface area contributed by atoms with Crippen LogP contribution in [0.2, 0.25) is 5.02 Å². The van der Waals surface area contributed by atoms with Gasteiger partial charge in [0, 0.05) is 31.5 Å². The van der Waals surface area contributed by atoms with Crippen molar-refractivity contribution in [3.05, 3.63) is 102 Å². The average Bonchev–Trinajstić information content (AvgIpc) is 3.44. The Kier molecular flexibility index (Phi) is 7.49. The number of hydrogen-bond acceptors (Lipinski definition) is 7. The molecule has 2 N–H and O–H groups in total. The number of carbonyl (C=O) groups is 3. The van der Waals surface area contributed by atoms with E-state index in [4.69, 9.17) is 16.3 Å². The maximum Gasteiger partial charge on any atom is 0.305 e. The van der Waals surface area contributed by atoms with E-state index in [9.17, 15) is 23.6 Å². The number of aromatic nitrogens is 1. The fraction of sp³-hybridized carbons (Fsp3) is 0.143. The summed E-state index contributed by atoms with van der Waals surface area (Å²) in [6.45, 7) is -0.393. The second-order valence-electron chi connectivity index (χ2n) is 9.26. The fourth-order valence-corrected chi connectivity index (χ4v) is 7.92. The molecule has 1 fully saturated rings. The number of nitrogens with zero attached hydrogens (tertiary/aromatic N) is 1. The van der Waals surface area contributed by atoms with Gasteiger partial charge >= 0.3 is 4.87 Å². The van der Waals surface area contributed by atoms with Gasteiger partial charge in [0.2, 0.25) is 11.8 Å². The Morgan fingerprint density at radius 2 is 1.78 bits per heavy atom. The van der Waals surface area contributed by atoms with E-state index < -0.39 is 47.2 Å². The number of aromatic amines is 1. The van der Waals surface area contributed by atoms with Crippen LogP contribution in [0.4, 0.5) is 15.8 Å². The number of thiazole rings is 1. The van der Waals surface area contributed by atoms with Crippen molar-refractivity contribution in [1.82, 2.24) is 4.98 Å². The van der Waals surface area contributed by atoms with Crippen molar-refractivity contribution in [2.24, 2.45) is 5.92 Å². The summed E-state index contributed by atoms with van der Waals surface area (Å²) >= 11 is 11.9. The van der Waals surface area contributed by atoms with Gasteiger partial charge in [0.15, 0.2) is 6.61 Å². The number of amides is 3. The molecule has 2 aliphatic heterocycles. The average molecular weight is 675 g/mol. The highest BCUT2D eigenvalue weighted by Gasteiger charge is 2.56. The van der Waals surface area contributed by atoms with E-state index in [0.717, 1.165) is 27.6 Å². The highest BCUT2D eigenvalue weighted by Crippen LogP contribution is 2.54. The second kappa shape index (κ2) is 11.1. The fourth-order valence-electron chi connectivity index (χ4n) is 4.96. The zero-order valence-corrected chi connectivity index (χ0v) is 24.7.